The van der Waals surface area contributed by atoms with Crippen LogP contribution in [0.3, 0.4) is 0 Å². The molecule has 0 atom stereocenters. The Morgan fingerprint density at radius 1 is 1.19 bits per heavy atom. The molecule has 2 aromatic heterocycles. The van der Waals surface area contributed by atoms with Gasteiger partial charge >= 0.3 is 0 Å². The number of ketones is 1. The molecule has 3 aromatic rings. The van der Waals surface area contributed by atoms with Crippen molar-refractivity contribution in [1.82, 2.24) is 20.0 Å². The largest absolute Gasteiger partial charge is 0.396 e. The summed E-state index contributed by atoms with van der Waals surface area (Å²) in [6.45, 7) is 0.237. The van der Waals surface area contributed by atoms with Gasteiger partial charge in [-0.2, -0.15) is 0 Å². The second-order valence-corrected chi connectivity index (χ2v) is 7.56. The van der Waals surface area contributed by atoms with Crippen LogP contribution in [0.5, 0.6) is 0 Å². The third-order valence-corrected chi connectivity index (χ3v) is 5.59. The lowest BCUT2D eigenvalue weighted by atomic mass is 9.79. The standard InChI is InChI=1S/C21H24N4O2/c1-25-12-20(23-24-25)16-6-7-17-11-22-19(9-18(17)8-16)10-21(27)15-4-2-14(13-26)3-5-15/h6-9,11-12,14-15,26H,2-5,10,13H2,1H3. The summed E-state index contributed by atoms with van der Waals surface area (Å²) in [7, 11) is 1.85. The molecule has 0 spiro atoms. The number of nitrogens with zero attached hydrogens (tertiary/aromatic N) is 4. The van der Waals surface area contributed by atoms with Gasteiger partial charge in [0.25, 0.3) is 0 Å². The molecule has 1 saturated carbocycles. The zero-order valence-corrected chi connectivity index (χ0v) is 15.5. The van der Waals surface area contributed by atoms with Crippen LogP contribution in [0.25, 0.3) is 22.0 Å². The van der Waals surface area contributed by atoms with Crippen LogP contribution >= 0.6 is 0 Å². The van der Waals surface area contributed by atoms with Gasteiger partial charge in [0, 0.05) is 48.8 Å². The van der Waals surface area contributed by atoms with E-state index in [2.05, 4.69) is 21.4 Å². The first-order chi connectivity index (χ1) is 13.1. The van der Waals surface area contributed by atoms with Gasteiger partial charge in [0.15, 0.2) is 0 Å². The first kappa shape index (κ1) is 17.8. The second kappa shape index (κ2) is 7.56. The summed E-state index contributed by atoms with van der Waals surface area (Å²) < 4.78 is 1.68. The van der Waals surface area contributed by atoms with Gasteiger partial charge in [-0.15, -0.1) is 5.10 Å². The number of hydrogen-bond donors (Lipinski definition) is 1. The van der Waals surface area contributed by atoms with Crippen molar-refractivity contribution >= 4 is 16.6 Å². The van der Waals surface area contributed by atoms with Crippen molar-refractivity contribution in [3.8, 4) is 11.3 Å². The third-order valence-electron chi connectivity index (χ3n) is 5.59. The monoisotopic (exact) mass is 364 g/mol. The zero-order valence-electron chi connectivity index (χ0n) is 15.5. The molecule has 1 aliphatic rings. The molecule has 0 aliphatic heterocycles. The normalized spacial score (nSPS) is 20.1. The maximum Gasteiger partial charge on any atom is 0.141 e. The van der Waals surface area contributed by atoms with Gasteiger partial charge in [-0.3, -0.25) is 14.5 Å². The fourth-order valence-corrected chi connectivity index (χ4v) is 3.91. The lowest BCUT2D eigenvalue weighted by Crippen LogP contribution is -2.24. The second-order valence-electron chi connectivity index (χ2n) is 7.56. The average Bonchev–Trinajstić information content (AvgIpc) is 3.14. The number of aliphatic hydroxyl groups excluding tert-OH is 1. The van der Waals surface area contributed by atoms with Crippen molar-refractivity contribution in [2.24, 2.45) is 18.9 Å². The van der Waals surface area contributed by atoms with Crippen LogP contribution in [0.1, 0.15) is 31.4 Å². The number of Topliss-reactive ketones (excluding diaryl/α,β-unsaturated/α-hetero) is 1. The maximum absolute atomic E-state index is 12.7. The van der Waals surface area contributed by atoms with E-state index in [0.717, 1.165) is 53.4 Å². The lowest BCUT2D eigenvalue weighted by molar-refractivity contribution is -0.123. The van der Waals surface area contributed by atoms with Crippen LogP contribution in [0.2, 0.25) is 0 Å². The first-order valence-electron chi connectivity index (χ1n) is 9.51. The highest BCUT2D eigenvalue weighted by Gasteiger charge is 2.26. The number of aryl methyl sites for hydroxylation is 1. The molecule has 1 N–H and O–H groups in total. The molecular weight excluding hydrogens is 340 g/mol. The van der Waals surface area contributed by atoms with E-state index in [9.17, 15) is 9.90 Å². The van der Waals surface area contributed by atoms with Gasteiger partial charge in [-0.25, -0.2) is 0 Å². The number of fused-ring (bicyclic) bond motifs is 1. The highest BCUT2D eigenvalue weighted by atomic mass is 16.3. The van der Waals surface area contributed by atoms with E-state index in [1.807, 2.05) is 37.6 Å². The number of hydrogen-bond acceptors (Lipinski definition) is 5. The molecule has 0 saturated heterocycles. The van der Waals surface area contributed by atoms with E-state index < -0.39 is 0 Å². The minimum atomic E-state index is 0.108. The molecule has 6 heteroatoms. The maximum atomic E-state index is 12.7. The van der Waals surface area contributed by atoms with Gasteiger partial charge in [0.1, 0.15) is 11.5 Å². The fraction of sp³-hybridized carbons (Fsp3) is 0.429. The van der Waals surface area contributed by atoms with E-state index in [-0.39, 0.29) is 18.3 Å². The van der Waals surface area contributed by atoms with Gasteiger partial charge in [0.2, 0.25) is 0 Å². The van der Waals surface area contributed by atoms with Crippen molar-refractivity contribution in [3.63, 3.8) is 0 Å². The number of carbonyl (C=O) groups is 1. The molecule has 1 aromatic carbocycles. The molecule has 0 unspecified atom stereocenters. The van der Waals surface area contributed by atoms with Crippen molar-refractivity contribution < 1.29 is 9.90 Å². The molecule has 0 radical (unpaired) electrons. The molecule has 27 heavy (non-hydrogen) atoms. The summed E-state index contributed by atoms with van der Waals surface area (Å²) in [6.07, 6.45) is 7.75. The fourth-order valence-electron chi connectivity index (χ4n) is 3.91. The van der Waals surface area contributed by atoms with Crippen LogP contribution in [-0.2, 0) is 18.3 Å². The summed E-state index contributed by atoms with van der Waals surface area (Å²) in [6, 6.07) is 8.11. The Kier molecular flexibility index (Phi) is 4.99. The molecule has 2 heterocycles. The Bertz CT molecular complexity index is 958. The molecule has 0 bridgehead atoms. The Hall–Kier alpha value is -2.60. The summed E-state index contributed by atoms with van der Waals surface area (Å²) in [5.41, 5.74) is 2.64. The van der Waals surface area contributed by atoms with Gasteiger partial charge in [-0.05, 0) is 49.1 Å². The predicted molar refractivity (Wildman–Crippen MR) is 103 cm³/mol. The quantitative estimate of drug-likeness (QED) is 0.753. The minimum Gasteiger partial charge on any atom is -0.396 e. The molecule has 140 valence electrons. The van der Waals surface area contributed by atoms with Crippen LogP contribution in [0.15, 0.2) is 36.7 Å². The Morgan fingerprint density at radius 2 is 2.00 bits per heavy atom. The van der Waals surface area contributed by atoms with Crippen molar-refractivity contribution in [1.29, 1.82) is 0 Å². The Morgan fingerprint density at radius 3 is 2.70 bits per heavy atom. The van der Waals surface area contributed by atoms with Gasteiger partial charge in [0.05, 0.1) is 6.20 Å². The topological polar surface area (TPSA) is 80.9 Å². The van der Waals surface area contributed by atoms with Crippen LogP contribution in [-0.4, -0.2) is 37.5 Å². The van der Waals surface area contributed by atoms with Gasteiger partial charge < -0.3 is 5.11 Å². The lowest BCUT2D eigenvalue weighted by Gasteiger charge is -2.26. The number of rotatable bonds is 5. The number of aliphatic hydroxyl groups is 1. The predicted octanol–water partition coefficient (Wildman–Crippen LogP) is 2.94. The number of carbonyl (C=O) groups excluding carboxylic acids is 1. The highest BCUT2D eigenvalue weighted by Crippen LogP contribution is 2.30. The number of benzene rings is 1. The Labute approximate surface area is 158 Å². The van der Waals surface area contributed by atoms with Crippen molar-refractivity contribution in [2.75, 3.05) is 6.61 Å². The summed E-state index contributed by atoms with van der Waals surface area (Å²) in [5, 5.41) is 19.5. The molecule has 4 rings (SSSR count). The van der Waals surface area contributed by atoms with E-state index in [0.29, 0.717) is 12.3 Å². The van der Waals surface area contributed by atoms with E-state index in [1.165, 1.54) is 0 Å². The SMILES string of the molecule is Cn1cc(-c2ccc3cnc(CC(=O)C4CCC(CO)CC4)cc3c2)nn1. The molecule has 1 fully saturated rings. The van der Waals surface area contributed by atoms with Crippen molar-refractivity contribution in [3.05, 3.63) is 42.4 Å². The van der Waals surface area contributed by atoms with Crippen molar-refractivity contribution in [2.45, 2.75) is 32.1 Å². The van der Waals surface area contributed by atoms with E-state index in [4.69, 9.17) is 0 Å². The first-order valence-corrected chi connectivity index (χ1v) is 9.51. The summed E-state index contributed by atoms with van der Waals surface area (Å²) in [5.74, 6) is 0.742. The zero-order chi connectivity index (χ0) is 18.8. The smallest absolute Gasteiger partial charge is 0.141 e. The average molecular weight is 364 g/mol. The molecule has 1 aliphatic carbocycles. The molecule has 6 nitrogen and oxygen atoms in total. The Balaban J connectivity index is 1.51. The highest BCUT2D eigenvalue weighted by molar-refractivity contribution is 5.88. The van der Waals surface area contributed by atoms with E-state index in [1.54, 1.807) is 4.68 Å². The molecule has 0 amide bonds. The van der Waals surface area contributed by atoms with Crippen LogP contribution in [0.4, 0.5) is 0 Å². The number of aromatic nitrogens is 4. The minimum absolute atomic E-state index is 0.108. The summed E-state index contributed by atoms with van der Waals surface area (Å²) in [4.78, 5) is 17.2. The third kappa shape index (κ3) is 3.90. The summed E-state index contributed by atoms with van der Waals surface area (Å²) >= 11 is 0. The molecular formula is C21H24N4O2. The van der Waals surface area contributed by atoms with Crippen LogP contribution in [0, 0.1) is 11.8 Å². The van der Waals surface area contributed by atoms with Gasteiger partial charge in [-0.1, -0.05) is 17.3 Å². The van der Waals surface area contributed by atoms with Crippen LogP contribution < -0.4 is 0 Å². The number of pyridine rings is 1. The van der Waals surface area contributed by atoms with E-state index >= 15 is 0 Å².